The lowest BCUT2D eigenvalue weighted by Crippen LogP contribution is -2.53. The zero-order valence-corrected chi connectivity index (χ0v) is 17.9. The number of guanidine groups is 1. The first-order valence-corrected chi connectivity index (χ1v) is 10.8. The van der Waals surface area contributed by atoms with Crippen molar-refractivity contribution in [2.75, 3.05) is 45.8 Å². The van der Waals surface area contributed by atoms with E-state index in [9.17, 15) is 0 Å². The summed E-state index contributed by atoms with van der Waals surface area (Å²) in [5.41, 5.74) is 1.16. The second-order valence-corrected chi connectivity index (χ2v) is 8.16. The Labute approximate surface area is 163 Å². The molecule has 2 rings (SSSR count). The van der Waals surface area contributed by atoms with Gasteiger partial charge in [0.2, 0.25) is 0 Å². The molecule has 0 bridgehead atoms. The van der Waals surface area contributed by atoms with Crippen molar-refractivity contribution in [3.63, 3.8) is 0 Å². The van der Waals surface area contributed by atoms with Crippen LogP contribution >= 0.6 is 11.3 Å². The van der Waals surface area contributed by atoms with Crippen LogP contribution in [-0.4, -0.2) is 72.6 Å². The van der Waals surface area contributed by atoms with Crippen LogP contribution in [0.2, 0.25) is 0 Å². The van der Waals surface area contributed by atoms with Gasteiger partial charge in [-0.05, 0) is 26.3 Å². The predicted molar refractivity (Wildman–Crippen MR) is 112 cm³/mol. The van der Waals surface area contributed by atoms with Crippen LogP contribution in [0.3, 0.4) is 0 Å². The number of nitrogens with zero attached hydrogens (tertiary/aromatic N) is 4. The molecule has 2 heterocycles. The van der Waals surface area contributed by atoms with Gasteiger partial charge >= 0.3 is 0 Å². The summed E-state index contributed by atoms with van der Waals surface area (Å²) in [6.07, 6.45) is 0. The van der Waals surface area contributed by atoms with E-state index in [-0.39, 0.29) is 0 Å². The van der Waals surface area contributed by atoms with Gasteiger partial charge in [0, 0.05) is 50.7 Å². The molecule has 1 aromatic rings. The van der Waals surface area contributed by atoms with Gasteiger partial charge in [-0.15, -0.1) is 11.3 Å². The highest BCUT2D eigenvalue weighted by Gasteiger charge is 2.20. The van der Waals surface area contributed by atoms with Crippen LogP contribution in [0.25, 0.3) is 0 Å². The van der Waals surface area contributed by atoms with Crippen molar-refractivity contribution in [1.82, 2.24) is 25.4 Å². The highest BCUT2D eigenvalue weighted by molar-refractivity contribution is 7.09. The van der Waals surface area contributed by atoms with E-state index >= 15 is 0 Å². The van der Waals surface area contributed by atoms with Crippen LogP contribution in [0.5, 0.6) is 0 Å². The Kier molecular flexibility index (Phi) is 8.81. The molecule has 1 saturated heterocycles. The molecule has 7 heteroatoms. The average molecular weight is 381 g/mol. The minimum Gasteiger partial charge on any atom is -0.357 e. The Morgan fingerprint density at radius 2 is 1.92 bits per heavy atom. The number of aromatic nitrogens is 1. The molecule has 0 aromatic carbocycles. The molecular weight excluding hydrogens is 344 g/mol. The number of hydrogen-bond acceptors (Lipinski definition) is 5. The molecule has 26 heavy (non-hydrogen) atoms. The fourth-order valence-corrected chi connectivity index (χ4v) is 3.92. The Morgan fingerprint density at radius 3 is 2.50 bits per heavy atom. The third-order valence-electron chi connectivity index (χ3n) is 4.92. The number of likely N-dealkylation sites (N-methyl/N-ethyl adjacent to an activating group) is 1. The third kappa shape index (κ3) is 6.52. The normalized spacial score (nSPS) is 18.3. The Hall–Kier alpha value is -1.18. The maximum Gasteiger partial charge on any atom is 0.191 e. The molecule has 0 saturated carbocycles. The summed E-state index contributed by atoms with van der Waals surface area (Å²) in [5, 5.41) is 10.1. The van der Waals surface area contributed by atoms with Gasteiger partial charge in [-0.3, -0.25) is 4.90 Å². The SMILES string of the molecule is CCNC(=NCc1nc(C(C)C)cs1)NCC(C)N1CCN(CC)CC1. The molecule has 6 nitrogen and oxygen atoms in total. The summed E-state index contributed by atoms with van der Waals surface area (Å²) < 4.78 is 0. The molecule has 1 aliphatic heterocycles. The second-order valence-electron chi connectivity index (χ2n) is 7.22. The van der Waals surface area contributed by atoms with Crippen LogP contribution in [0, 0.1) is 0 Å². The zero-order valence-electron chi connectivity index (χ0n) is 17.1. The highest BCUT2D eigenvalue weighted by atomic mass is 32.1. The molecular formula is C19H36N6S. The largest absolute Gasteiger partial charge is 0.357 e. The monoisotopic (exact) mass is 380 g/mol. The van der Waals surface area contributed by atoms with E-state index in [1.54, 1.807) is 11.3 Å². The quantitative estimate of drug-likeness (QED) is 0.536. The topological polar surface area (TPSA) is 55.8 Å². The number of rotatable bonds is 8. The molecule has 1 atom stereocenters. The molecule has 0 radical (unpaired) electrons. The van der Waals surface area contributed by atoms with E-state index < -0.39 is 0 Å². The lowest BCUT2D eigenvalue weighted by atomic mass is 10.2. The Bertz CT molecular complexity index is 548. The van der Waals surface area contributed by atoms with Gasteiger partial charge in [0.1, 0.15) is 5.01 Å². The third-order valence-corrected chi connectivity index (χ3v) is 5.77. The Morgan fingerprint density at radius 1 is 1.19 bits per heavy atom. The predicted octanol–water partition coefficient (Wildman–Crippen LogP) is 2.35. The van der Waals surface area contributed by atoms with Gasteiger partial charge in [-0.25, -0.2) is 9.98 Å². The van der Waals surface area contributed by atoms with E-state index in [0.717, 1.165) is 49.4 Å². The number of aliphatic imine (C=N–C) groups is 1. The lowest BCUT2D eigenvalue weighted by molar-refractivity contribution is 0.107. The molecule has 2 N–H and O–H groups in total. The maximum atomic E-state index is 4.71. The first kappa shape index (κ1) is 21.1. The van der Waals surface area contributed by atoms with E-state index in [2.05, 4.69) is 65.4 Å². The van der Waals surface area contributed by atoms with E-state index in [0.29, 0.717) is 18.5 Å². The van der Waals surface area contributed by atoms with Gasteiger partial charge in [0.05, 0.1) is 12.2 Å². The highest BCUT2D eigenvalue weighted by Crippen LogP contribution is 2.18. The molecule has 0 amide bonds. The van der Waals surface area contributed by atoms with Crippen molar-refractivity contribution in [2.24, 2.45) is 4.99 Å². The first-order valence-electron chi connectivity index (χ1n) is 9.96. The molecule has 1 aliphatic rings. The van der Waals surface area contributed by atoms with Crippen LogP contribution in [0.15, 0.2) is 10.4 Å². The molecule has 148 valence electrons. The fourth-order valence-electron chi connectivity index (χ4n) is 3.05. The minimum atomic E-state index is 0.476. The summed E-state index contributed by atoms with van der Waals surface area (Å²) in [4.78, 5) is 14.5. The number of nitrogens with one attached hydrogen (secondary N) is 2. The first-order chi connectivity index (χ1) is 12.5. The zero-order chi connectivity index (χ0) is 18.9. The van der Waals surface area contributed by atoms with Crippen molar-refractivity contribution in [3.8, 4) is 0 Å². The number of thiazole rings is 1. The van der Waals surface area contributed by atoms with E-state index in [1.807, 2.05) is 0 Å². The van der Waals surface area contributed by atoms with E-state index in [4.69, 9.17) is 4.99 Å². The van der Waals surface area contributed by atoms with Crippen molar-refractivity contribution in [2.45, 2.75) is 53.1 Å². The summed E-state index contributed by atoms with van der Waals surface area (Å²) >= 11 is 1.70. The van der Waals surface area contributed by atoms with Gasteiger partial charge < -0.3 is 15.5 Å². The molecule has 1 unspecified atom stereocenters. The van der Waals surface area contributed by atoms with Crippen molar-refractivity contribution >= 4 is 17.3 Å². The second kappa shape index (κ2) is 10.8. The number of piperazine rings is 1. The van der Waals surface area contributed by atoms with Crippen molar-refractivity contribution in [1.29, 1.82) is 0 Å². The molecule has 0 aliphatic carbocycles. The standard InChI is InChI=1S/C19H36N6S/c1-6-20-19(22-13-18-23-17(14-26-18)15(3)4)21-12-16(5)25-10-8-24(7-2)9-11-25/h14-16H,6-13H2,1-5H3,(H2,20,21,22). The van der Waals surface area contributed by atoms with Crippen molar-refractivity contribution < 1.29 is 0 Å². The summed E-state index contributed by atoms with van der Waals surface area (Å²) in [6, 6.07) is 0.505. The smallest absolute Gasteiger partial charge is 0.191 e. The summed E-state index contributed by atoms with van der Waals surface area (Å²) in [6.45, 7) is 19.2. The number of hydrogen-bond donors (Lipinski definition) is 2. The Balaban J connectivity index is 1.82. The van der Waals surface area contributed by atoms with Crippen LogP contribution in [-0.2, 0) is 6.54 Å². The lowest BCUT2D eigenvalue weighted by Gasteiger charge is -2.37. The summed E-state index contributed by atoms with van der Waals surface area (Å²) in [5.74, 6) is 1.36. The van der Waals surface area contributed by atoms with Gasteiger partial charge in [-0.2, -0.15) is 0 Å². The minimum absolute atomic E-state index is 0.476. The van der Waals surface area contributed by atoms with E-state index in [1.165, 1.54) is 13.1 Å². The van der Waals surface area contributed by atoms with Gasteiger partial charge in [-0.1, -0.05) is 20.8 Å². The van der Waals surface area contributed by atoms with Crippen LogP contribution in [0.1, 0.15) is 51.2 Å². The molecule has 0 spiro atoms. The van der Waals surface area contributed by atoms with Crippen LogP contribution < -0.4 is 10.6 Å². The molecule has 1 fully saturated rings. The average Bonchev–Trinajstić information content (AvgIpc) is 3.13. The van der Waals surface area contributed by atoms with Gasteiger partial charge in [0.15, 0.2) is 5.96 Å². The van der Waals surface area contributed by atoms with Gasteiger partial charge in [0.25, 0.3) is 0 Å². The maximum absolute atomic E-state index is 4.71. The van der Waals surface area contributed by atoms with Crippen molar-refractivity contribution in [3.05, 3.63) is 16.1 Å². The summed E-state index contributed by atoms with van der Waals surface area (Å²) in [7, 11) is 0. The van der Waals surface area contributed by atoms with Crippen LogP contribution in [0.4, 0.5) is 0 Å². The molecule has 1 aromatic heterocycles. The fraction of sp³-hybridized carbons (Fsp3) is 0.789.